The van der Waals surface area contributed by atoms with Crippen LogP contribution in [-0.2, 0) is 26.2 Å². The van der Waals surface area contributed by atoms with Crippen molar-refractivity contribution in [3.05, 3.63) is 23.8 Å². The Morgan fingerprint density at radius 3 is 1.83 bits per heavy atom. The monoisotopic (exact) mass is 300 g/mol. The molecule has 4 heteroatoms. The first-order valence-corrected chi connectivity index (χ1v) is 5.59. The summed E-state index contributed by atoms with van der Waals surface area (Å²) in [5.74, 6) is 0. The molecule has 0 fully saturated rings. The molecule has 0 saturated heterocycles. The van der Waals surface area contributed by atoms with Gasteiger partial charge in [-0.05, 0) is 0 Å². The second kappa shape index (κ2) is 18.0. The topological polar surface area (TPSA) is 0 Å². The van der Waals surface area contributed by atoms with Gasteiger partial charge < -0.3 is 0 Å². The van der Waals surface area contributed by atoms with Crippen LogP contribution in [0.5, 0.6) is 0 Å². The SMILES string of the molecule is CC1=CC[C-]=C1.C[SiH]C.Cl.Cl.[Zr]. The van der Waals surface area contributed by atoms with Crippen LogP contribution in [0.15, 0.2) is 17.7 Å². The maximum atomic E-state index is 3.05. The molecule has 0 aliphatic heterocycles. The molecule has 1 radical (unpaired) electrons. The van der Waals surface area contributed by atoms with Gasteiger partial charge in [0.15, 0.2) is 0 Å². The van der Waals surface area contributed by atoms with Crippen LogP contribution in [0.1, 0.15) is 13.3 Å². The molecule has 0 aromatic carbocycles. The van der Waals surface area contributed by atoms with Gasteiger partial charge in [0, 0.05) is 35.7 Å². The molecule has 0 saturated carbocycles. The first kappa shape index (κ1) is 23.2. The second-order valence-electron chi connectivity index (χ2n) is 2.08. The molecule has 0 nitrogen and oxygen atoms in total. The van der Waals surface area contributed by atoms with E-state index < -0.39 is 0 Å². The molecular weight excluding hydrogens is 286 g/mol. The van der Waals surface area contributed by atoms with Crippen LogP contribution in [0, 0.1) is 6.08 Å². The van der Waals surface area contributed by atoms with Crippen molar-refractivity contribution in [2.75, 3.05) is 0 Å². The molecule has 1 aliphatic carbocycles. The van der Waals surface area contributed by atoms with Crippen LogP contribution in [0.25, 0.3) is 0 Å². The fourth-order valence-electron chi connectivity index (χ4n) is 0.499. The largest absolute Gasteiger partial charge is 0.273 e. The summed E-state index contributed by atoms with van der Waals surface area (Å²) in [5.41, 5.74) is 1.34. The third kappa shape index (κ3) is 17.3. The molecule has 0 unspecified atom stereocenters. The molecule has 12 heavy (non-hydrogen) atoms. The summed E-state index contributed by atoms with van der Waals surface area (Å²) in [7, 11) is 0.750. The minimum absolute atomic E-state index is 0. The number of halogens is 2. The van der Waals surface area contributed by atoms with Crippen molar-refractivity contribution in [1.82, 2.24) is 0 Å². The Balaban J connectivity index is -0.0000000489. The Hall–Kier alpha value is 1.16. The Morgan fingerprint density at radius 2 is 1.75 bits per heavy atom. The molecule has 1 rings (SSSR count). The van der Waals surface area contributed by atoms with Crippen LogP contribution in [-0.4, -0.2) is 9.52 Å². The zero-order valence-corrected chi connectivity index (χ0v) is 13.0. The summed E-state index contributed by atoms with van der Waals surface area (Å²) in [6.45, 7) is 6.50. The average Bonchev–Trinajstić information content (AvgIpc) is 2.20. The minimum Gasteiger partial charge on any atom is -0.273 e. The summed E-state index contributed by atoms with van der Waals surface area (Å²) in [4.78, 5) is 0. The standard InChI is InChI=1S/C6H7.C2H7Si.2ClH.Zr/c1-6-4-2-3-5-6;1-3-2;;;/h4-5H,2H2,1H3;3H,1-2H3;2*1H;/q-1;;;;. The molecule has 0 N–H and O–H groups in total. The molecular formula is C8H16Cl2SiZr-. The van der Waals surface area contributed by atoms with E-state index in [-0.39, 0.29) is 51.0 Å². The number of hydrogen-bond acceptors (Lipinski definition) is 0. The van der Waals surface area contributed by atoms with E-state index in [1.807, 2.05) is 6.08 Å². The maximum absolute atomic E-state index is 3.05. The van der Waals surface area contributed by atoms with Gasteiger partial charge in [-0.3, -0.25) is 6.08 Å². The van der Waals surface area contributed by atoms with E-state index in [1.54, 1.807) is 0 Å². The van der Waals surface area contributed by atoms with Gasteiger partial charge in [-0.1, -0.05) is 13.1 Å². The summed E-state index contributed by atoms with van der Waals surface area (Å²) in [5, 5.41) is 0. The molecule has 0 aromatic rings. The smallest absolute Gasteiger partial charge is 0.0213 e. The van der Waals surface area contributed by atoms with Gasteiger partial charge in [0.2, 0.25) is 0 Å². The predicted molar refractivity (Wildman–Crippen MR) is 59.6 cm³/mol. The molecule has 71 valence electrons. The third-order valence-corrected chi connectivity index (χ3v) is 0.872. The van der Waals surface area contributed by atoms with Crippen LogP contribution >= 0.6 is 24.8 Å². The summed E-state index contributed by atoms with van der Waals surface area (Å²) in [6, 6.07) is 0. The predicted octanol–water partition coefficient (Wildman–Crippen LogP) is 3.06. The fourth-order valence-corrected chi connectivity index (χ4v) is 0.499. The quantitative estimate of drug-likeness (QED) is 0.476. The van der Waals surface area contributed by atoms with Crippen LogP contribution in [0.4, 0.5) is 0 Å². The van der Waals surface area contributed by atoms with Crippen LogP contribution < -0.4 is 0 Å². The van der Waals surface area contributed by atoms with E-state index in [1.165, 1.54) is 5.57 Å². The Bertz CT molecular complexity index is 121. The van der Waals surface area contributed by atoms with Crippen molar-refractivity contribution in [3.8, 4) is 0 Å². The summed E-state index contributed by atoms with van der Waals surface area (Å²) in [6.07, 6.45) is 8.24. The number of rotatable bonds is 0. The first-order valence-electron chi connectivity index (χ1n) is 3.28. The van der Waals surface area contributed by atoms with Crippen molar-refractivity contribution >= 4 is 34.3 Å². The number of allylic oxidation sites excluding steroid dienone is 4. The second-order valence-corrected chi connectivity index (χ2v) is 3.23. The first-order chi connectivity index (χ1) is 4.31. The third-order valence-electron chi connectivity index (χ3n) is 0.872. The van der Waals surface area contributed by atoms with Gasteiger partial charge in [-0.25, -0.2) is 11.6 Å². The van der Waals surface area contributed by atoms with Crippen LogP contribution in [0.2, 0.25) is 13.1 Å². The van der Waals surface area contributed by atoms with Crippen molar-refractivity contribution in [3.63, 3.8) is 0 Å². The van der Waals surface area contributed by atoms with E-state index >= 15 is 0 Å². The molecule has 0 amide bonds. The Labute approximate surface area is 110 Å². The van der Waals surface area contributed by atoms with Gasteiger partial charge in [0.05, 0.1) is 0 Å². The molecule has 0 bridgehead atoms. The van der Waals surface area contributed by atoms with Crippen molar-refractivity contribution < 1.29 is 26.2 Å². The van der Waals surface area contributed by atoms with Crippen molar-refractivity contribution in [1.29, 1.82) is 0 Å². The maximum Gasteiger partial charge on any atom is 0.0213 e. The van der Waals surface area contributed by atoms with Crippen LogP contribution in [0.3, 0.4) is 0 Å². The molecule has 0 aromatic heterocycles. The molecule has 0 spiro atoms. The van der Waals surface area contributed by atoms with Gasteiger partial charge >= 0.3 is 0 Å². The summed E-state index contributed by atoms with van der Waals surface area (Å²) >= 11 is 0. The average molecular weight is 302 g/mol. The zero-order chi connectivity index (χ0) is 7.11. The fraction of sp³-hybridized carbons (Fsp3) is 0.500. The minimum atomic E-state index is 0. The van der Waals surface area contributed by atoms with Gasteiger partial charge in [0.1, 0.15) is 0 Å². The van der Waals surface area contributed by atoms with Crippen molar-refractivity contribution in [2.24, 2.45) is 0 Å². The number of hydrogen-bond donors (Lipinski definition) is 0. The van der Waals surface area contributed by atoms with Gasteiger partial charge in [0.25, 0.3) is 0 Å². The normalized spacial score (nSPS) is 10.8. The van der Waals surface area contributed by atoms with E-state index in [2.05, 4.69) is 32.2 Å². The zero-order valence-electron chi connectivity index (χ0n) is 7.76. The van der Waals surface area contributed by atoms with Gasteiger partial charge in [-0.2, -0.15) is 6.08 Å². The molecule has 0 heterocycles. The van der Waals surface area contributed by atoms with E-state index in [9.17, 15) is 0 Å². The molecule has 1 aliphatic rings. The van der Waals surface area contributed by atoms with E-state index in [0.29, 0.717) is 0 Å². The summed E-state index contributed by atoms with van der Waals surface area (Å²) < 4.78 is 0. The van der Waals surface area contributed by atoms with Gasteiger partial charge in [-0.15, -0.1) is 38.2 Å². The van der Waals surface area contributed by atoms with E-state index in [4.69, 9.17) is 0 Å². The van der Waals surface area contributed by atoms with E-state index in [0.717, 1.165) is 15.9 Å². The Kier molecular flexibility index (Phi) is 34.9. The Morgan fingerprint density at radius 1 is 1.33 bits per heavy atom. The molecule has 0 atom stereocenters. The van der Waals surface area contributed by atoms with Crippen molar-refractivity contribution in [2.45, 2.75) is 26.4 Å².